The second-order valence-electron chi connectivity index (χ2n) is 6.38. The Morgan fingerprint density at radius 1 is 0.955 bits per heavy atom. The minimum Gasteiger partial charge on any atom is -0.465 e. The Kier molecular flexibility index (Phi) is 3.15. The van der Waals surface area contributed by atoms with Gasteiger partial charge in [-0.25, -0.2) is 0 Å². The molecule has 1 aliphatic carbocycles. The molecule has 0 bridgehead atoms. The van der Waals surface area contributed by atoms with E-state index in [9.17, 15) is 0 Å². The Balaban J connectivity index is 1.86. The summed E-state index contributed by atoms with van der Waals surface area (Å²) in [7, 11) is 0. The van der Waals surface area contributed by atoms with Gasteiger partial charge in [0.15, 0.2) is 0 Å². The number of hydrogen-bond acceptors (Lipinski definition) is 1. The molecule has 0 N–H and O–H groups in total. The van der Waals surface area contributed by atoms with Crippen molar-refractivity contribution in [1.29, 1.82) is 0 Å². The van der Waals surface area contributed by atoms with E-state index in [2.05, 4.69) is 74.5 Å². The largest absolute Gasteiger partial charge is 0.465 e. The number of ether oxygens (including phenoxy) is 1. The first-order valence-electron chi connectivity index (χ1n) is 8.00. The lowest BCUT2D eigenvalue weighted by Crippen LogP contribution is -2.11. The fourth-order valence-electron chi connectivity index (χ4n) is 3.45. The molecule has 2 aromatic carbocycles. The molecule has 0 amide bonds. The van der Waals surface area contributed by atoms with E-state index in [-0.39, 0.29) is 0 Å². The molecule has 1 atom stereocenters. The molecule has 0 radical (unpaired) electrons. The highest BCUT2D eigenvalue weighted by molar-refractivity contribution is 5.82. The summed E-state index contributed by atoms with van der Waals surface area (Å²) in [5.74, 6) is 2.94. The van der Waals surface area contributed by atoms with Crippen LogP contribution in [0.3, 0.4) is 0 Å². The summed E-state index contributed by atoms with van der Waals surface area (Å²) >= 11 is 0. The molecule has 22 heavy (non-hydrogen) atoms. The molecule has 0 spiro atoms. The quantitative estimate of drug-likeness (QED) is 0.728. The van der Waals surface area contributed by atoms with E-state index in [4.69, 9.17) is 4.74 Å². The zero-order valence-corrected chi connectivity index (χ0v) is 13.0. The van der Waals surface area contributed by atoms with Crippen LogP contribution in [0.4, 0.5) is 0 Å². The van der Waals surface area contributed by atoms with Crippen LogP contribution < -0.4 is 0 Å². The predicted octanol–water partition coefficient (Wildman–Crippen LogP) is 5.31. The van der Waals surface area contributed by atoms with Gasteiger partial charge in [0.05, 0.1) is 0 Å². The number of fused-ring (bicyclic) bond motifs is 2. The second-order valence-corrected chi connectivity index (χ2v) is 6.38. The monoisotopic (exact) mass is 288 g/mol. The third-order valence-corrected chi connectivity index (χ3v) is 4.57. The van der Waals surface area contributed by atoms with Crippen molar-refractivity contribution in [3.63, 3.8) is 0 Å². The van der Waals surface area contributed by atoms with Crippen molar-refractivity contribution in [3.05, 3.63) is 88.9 Å². The summed E-state index contributed by atoms with van der Waals surface area (Å²) < 4.78 is 6.25. The molecule has 2 aromatic rings. The normalized spacial score (nSPS) is 19.6. The van der Waals surface area contributed by atoms with Crippen LogP contribution in [0.25, 0.3) is 5.57 Å². The molecule has 0 saturated heterocycles. The molecule has 1 unspecified atom stereocenters. The van der Waals surface area contributed by atoms with Gasteiger partial charge >= 0.3 is 0 Å². The van der Waals surface area contributed by atoms with Crippen molar-refractivity contribution >= 4 is 5.57 Å². The van der Waals surface area contributed by atoms with Crippen LogP contribution in [0, 0.1) is 5.92 Å². The van der Waals surface area contributed by atoms with E-state index in [0.29, 0.717) is 11.8 Å². The fraction of sp³-hybridized carbons (Fsp3) is 0.238. The number of hydrogen-bond donors (Lipinski definition) is 0. The minimum absolute atomic E-state index is 0.297. The maximum atomic E-state index is 6.25. The van der Waals surface area contributed by atoms with E-state index >= 15 is 0 Å². The lowest BCUT2D eigenvalue weighted by Gasteiger charge is -2.27. The number of rotatable bonds is 2. The van der Waals surface area contributed by atoms with Crippen LogP contribution >= 0.6 is 0 Å². The molecule has 1 aliphatic heterocycles. The van der Waals surface area contributed by atoms with Crippen molar-refractivity contribution < 1.29 is 4.74 Å². The molecule has 1 heterocycles. The third kappa shape index (κ3) is 2.09. The van der Waals surface area contributed by atoms with Gasteiger partial charge in [0, 0.05) is 23.8 Å². The topological polar surface area (TPSA) is 9.23 Å². The molecule has 0 fully saturated rings. The van der Waals surface area contributed by atoms with Crippen LogP contribution in [0.1, 0.15) is 36.5 Å². The summed E-state index contributed by atoms with van der Waals surface area (Å²) in [6, 6.07) is 19.4. The van der Waals surface area contributed by atoms with Crippen LogP contribution in [0.5, 0.6) is 0 Å². The molecule has 2 aliphatic rings. The van der Waals surface area contributed by atoms with Gasteiger partial charge in [-0.05, 0) is 22.8 Å². The van der Waals surface area contributed by atoms with Gasteiger partial charge in [0.25, 0.3) is 0 Å². The van der Waals surface area contributed by atoms with Crippen molar-refractivity contribution in [3.8, 4) is 0 Å². The standard InChI is InChI=1S/C21H20O/c1-14(2)19-13-18(15-8-4-3-5-9-15)21-17-11-7-6-10-16(17)12-20(21)22-19/h3-11,13-14,18H,12H2,1-2H3. The van der Waals surface area contributed by atoms with Crippen LogP contribution in [0.2, 0.25) is 0 Å². The first-order chi connectivity index (χ1) is 10.7. The Morgan fingerprint density at radius 2 is 1.68 bits per heavy atom. The molecule has 1 heteroatoms. The Bertz CT molecular complexity index is 766. The van der Waals surface area contributed by atoms with E-state index in [1.54, 1.807) is 0 Å². The van der Waals surface area contributed by atoms with Crippen LogP contribution in [-0.4, -0.2) is 0 Å². The maximum absolute atomic E-state index is 6.25. The molecular formula is C21H20O. The van der Waals surface area contributed by atoms with E-state index in [0.717, 1.165) is 17.9 Å². The average molecular weight is 288 g/mol. The van der Waals surface area contributed by atoms with E-state index in [1.165, 1.54) is 22.3 Å². The van der Waals surface area contributed by atoms with Gasteiger partial charge < -0.3 is 4.74 Å². The van der Waals surface area contributed by atoms with Gasteiger partial charge in [-0.2, -0.15) is 0 Å². The number of allylic oxidation sites excluding steroid dienone is 4. The highest BCUT2D eigenvalue weighted by atomic mass is 16.5. The zero-order valence-electron chi connectivity index (χ0n) is 13.0. The molecule has 4 rings (SSSR count). The number of benzene rings is 2. The van der Waals surface area contributed by atoms with Gasteiger partial charge in [-0.3, -0.25) is 0 Å². The average Bonchev–Trinajstić information content (AvgIpc) is 2.93. The van der Waals surface area contributed by atoms with Crippen molar-refractivity contribution in [1.82, 2.24) is 0 Å². The van der Waals surface area contributed by atoms with Crippen LogP contribution in [-0.2, 0) is 11.2 Å². The molecule has 1 nitrogen and oxygen atoms in total. The fourth-order valence-corrected chi connectivity index (χ4v) is 3.45. The lowest BCUT2D eigenvalue weighted by molar-refractivity contribution is 0.255. The lowest BCUT2D eigenvalue weighted by atomic mass is 9.85. The predicted molar refractivity (Wildman–Crippen MR) is 90.3 cm³/mol. The molecule has 0 saturated carbocycles. The van der Waals surface area contributed by atoms with Gasteiger partial charge in [-0.15, -0.1) is 0 Å². The third-order valence-electron chi connectivity index (χ3n) is 4.57. The Morgan fingerprint density at radius 3 is 2.45 bits per heavy atom. The second kappa shape index (κ2) is 5.17. The SMILES string of the molecule is CC(C)C1=CC(c2ccccc2)C2=C(Cc3ccccc32)O1. The van der Waals surface area contributed by atoms with E-state index < -0.39 is 0 Å². The summed E-state index contributed by atoms with van der Waals surface area (Å²) in [4.78, 5) is 0. The van der Waals surface area contributed by atoms with Crippen molar-refractivity contribution in [2.45, 2.75) is 26.2 Å². The smallest absolute Gasteiger partial charge is 0.113 e. The van der Waals surface area contributed by atoms with Gasteiger partial charge in [0.2, 0.25) is 0 Å². The van der Waals surface area contributed by atoms with Crippen molar-refractivity contribution in [2.75, 3.05) is 0 Å². The summed E-state index contributed by atoms with van der Waals surface area (Å²) in [5.41, 5.74) is 5.43. The molecular weight excluding hydrogens is 268 g/mol. The van der Waals surface area contributed by atoms with Crippen LogP contribution in [0.15, 0.2) is 72.2 Å². The zero-order chi connectivity index (χ0) is 15.1. The summed E-state index contributed by atoms with van der Waals surface area (Å²) in [5, 5.41) is 0. The Labute approximate surface area is 131 Å². The first kappa shape index (κ1) is 13.4. The minimum atomic E-state index is 0.297. The molecule has 110 valence electrons. The molecule has 0 aromatic heterocycles. The Hall–Kier alpha value is -2.28. The first-order valence-corrected chi connectivity index (χ1v) is 8.00. The van der Waals surface area contributed by atoms with Crippen molar-refractivity contribution in [2.24, 2.45) is 5.92 Å². The summed E-state index contributed by atoms with van der Waals surface area (Å²) in [6.07, 6.45) is 3.22. The highest BCUT2D eigenvalue weighted by Gasteiger charge is 2.33. The van der Waals surface area contributed by atoms with Gasteiger partial charge in [0.1, 0.15) is 11.5 Å². The van der Waals surface area contributed by atoms with E-state index in [1.807, 2.05) is 0 Å². The maximum Gasteiger partial charge on any atom is 0.113 e. The van der Waals surface area contributed by atoms with Gasteiger partial charge in [-0.1, -0.05) is 68.4 Å². The summed E-state index contributed by atoms with van der Waals surface area (Å²) in [6.45, 7) is 4.39. The highest BCUT2D eigenvalue weighted by Crippen LogP contribution is 2.47.